The number of hydrogen-bond acceptors (Lipinski definition) is 5. The molecule has 146 valence electrons. The molecule has 1 aromatic heterocycles. The van der Waals surface area contributed by atoms with Gasteiger partial charge < -0.3 is 10.1 Å². The zero-order chi connectivity index (χ0) is 20.3. The van der Waals surface area contributed by atoms with E-state index in [1.54, 1.807) is 31.2 Å². The third kappa shape index (κ3) is 4.31. The molecule has 0 spiro atoms. The van der Waals surface area contributed by atoms with Crippen LogP contribution in [0, 0.1) is 0 Å². The van der Waals surface area contributed by atoms with Gasteiger partial charge >= 0.3 is 0 Å². The first kappa shape index (κ1) is 19.8. The lowest BCUT2D eigenvalue weighted by molar-refractivity contribution is -0.127. The Hall–Kier alpha value is -2.93. The number of carbonyl (C=O) groups is 3. The molecule has 0 saturated carbocycles. The number of pyridine rings is 1. The maximum absolute atomic E-state index is 12.6. The lowest BCUT2D eigenvalue weighted by Crippen LogP contribution is -2.47. The van der Waals surface area contributed by atoms with E-state index in [0.717, 1.165) is 6.42 Å². The van der Waals surface area contributed by atoms with Crippen molar-refractivity contribution in [2.24, 2.45) is 0 Å². The number of rotatable bonds is 6. The minimum Gasteiger partial charge on any atom is -0.479 e. The second-order valence-corrected chi connectivity index (χ2v) is 6.84. The molecule has 2 heterocycles. The molecule has 0 saturated heterocycles. The van der Waals surface area contributed by atoms with Crippen molar-refractivity contribution in [3.8, 4) is 5.75 Å². The number of nitrogens with one attached hydrogen (secondary N) is 1. The summed E-state index contributed by atoms with van der Waals surface area (Å²) in [6.07, 6.45) is 1.88. The van der Waals surface area contributed by atoms with Crippen molar-refractivity contribution in [3.05, 3.63) is 47.2 Å². The zero-order valence-corrected chi connectivity index (χ0v) is 16.3. The lowest BCUT2D eigenvalue weighted by Gasteiger charge is -2.32. The summed E-state index contributed by atoms with van der Waals surface area (Å²) in [5, 5.41) is 2.94. The second kappa shape index (κ2) is 8.39. The molecule has 0 radical (unpaired) electrons. The number of halogens is 1. The molecule has 0 bridgehead atoms. The van der Waals surface area contributed by atoms with Crippen LogP contribution in [0.1, 0.15) is 37.0 Å². The summed E-state index contributed by atoms with van der Waals surface area (Å²) in [6, 6.07) is 8.06. The maximum Gasteiger partial charge on any atom is 0.268 e. The molecule has 1 aromatic carbocycles. The van der Waals surface area contributed by atoms with Crippen molar-refractivity contribution in [2.45, 2.75) is 32.8 Å². The van der Waals surface area contributed by atoms with E-state index in [1.165, 1.54) is 17.2 Å². The SMILES string of the molecule is CCCC(=O)c1ccc2c(c1)N(CC(=O)Nc1ccnc(Cl)c1)C(=O)C(C)O2. The molecule has 1 aliphatic heterocycles. The Balaban J connectivity index is 1.85. The third-order valence-electron chi connectivity index (χ3n) is 4.28. The van der Waals surface area contributed by atoms with Gasteiger partial charge in [-0.1, -0.05) is 18.5 Å². The highest BCUT2D eigenvalue weighted by molar-refractivity contribution is 6.29. The first-order valence-corrected chi connectivity index (χ1v) is 9.33. The predicted molar refractivity (Wildman–Crippen MR) is 106 cm³/mol. The van der Waals surface area contributed by atoms with E-state index in [-0.39, 0.29) is 23.4 Å². The molecule has 8 heteroatoms. The normalized spacial score (nSPS) is 15.6. The van der Waals surface area contributed by atoms with Crippen LogP contribution < -0.4 is 15.0 Å². The van der Waals surface area contributed by atoms with E-state index in [2.05, 4.69) is 10.3 Å². The molecule has 1 aliphatic rings. The molecule has 28 heavy (non-hydrogen) atoms. The highest BCUT2D eigenvalue weighted by Crippen LogP contribution is 2.35. The number of hydrogen-bond donors (Lipinski definition) is 1. The minimum atomic E-state index is -0.729. The number of ketones is 1. The summed E-state index contributed by atoms with van der Waals surface area (Å²) in [5.74, 6) is -0.316. The number of carbonyl (C=O) groups excluding carboxylic acids is 3. The molecule has 2 aromatic rings. The van der Waals surface area contributed by atoms with Gasteiger partial charge in [0.15, 0.2) is 11.9 Å². The second-order valence-electron chi connectivity index (χ2n) is 6.46. The predicted octanol–water partition coefficient (Wildman–Crippen LogP) is 3.47. The van der Waals surface area contributed by atoms with Gasteiger partial charge in [0.05, 0.1) is 5.69 Å². The van der Waals surface area contributed by atoms with Crippen LogP contribution in [-0.4, -0.2) is 35.2 Å². The largest absolute Gasteiger partial charge is 0.479 e. The summed E-state index contributed by atoms with van der Waals surface area (Å²) in [6.45, 7) is 3.33. The van der Waals surface area contributed by atoms with Crippen LogP contribution in [0.3, 0.4) is 0 Å². The van der Waals surface area contributed by atoms with Crippen molar-refractivity contribution in [1.29, 1.82) is 0 Å². The Kier molecular flexibility index (Phi) is 5.94. The lowest BCUT2D eigenvalue weighted by atomic mass is 10.0. The summed E-state index contributed by atoms with van der Waals surface area (Å²) in [7, 11) is 0. The van der Waals surface area contributed by atoms with Crippen LogP contribution in [-0.2, 0) is 9.59 Å². The van der Waals surface area contributed by atoms with Crippen LogP contribution in [0.5, 0.6) is 5.75 Å². The Morgan fingerprint density at radius 2 is 2.07 bits per heavy atom. The average molecular weight is 402 g/mol. The smallest absolute Gasteiger partial charge is 0.268 e. The average Bonchev–Trinajstić information content (AvgIpc) is 2.65. The van der Waals surface area contributed by atoms with Gasteiger partial charge in [-0.3, -0.25) is 19.3 Å². The van der Waals surface area contributed by atoms with E-state index in [1.807, 2.05) is 6.92 Å². The Morgan fingerprint density at radius 1 is 1.29 bits per heavy atom. The fourth-order valence-electron chi connectivity index (χ4n) is 2.94. The number of Topliss-reactive ketones (excluding diaryl/α,β-unsaturated/α-hetero) is 1. The summed E-state index contributed by atoms with van der Waals surface area (Å²) < 4.78 is 5.62. The van der Waals surface area contributed by atoms with Gasteiger partial charge in [0.25, 0.3) is 5.91 Å². The number of benzene rings is 1. The van der Waals surface area contributed by atoms with Crippen molar-refractivity contribution < 1.29 is 19.1 Å². The number of fused-ring (bicyclic) bond motifs is 1. The van der Waals surface area contributed by atoms with Gasteiger partial charge in [-0.25, -0.2) is 4.98 Å². The van der Waals surface area contributed by atoms with Crippen molar-refractivity contribution in [1.82, 2.24) is 4.98 Å². The molecule has 1 atom stereocenters. The molecular formula is C20H20ClN3O4. The Morgan fingerprint density at radius 3 is 2.79 bits per heavy atom. The highest BCUT2D eigenvalue weighted by atomic mass is 35.5. The first-order valence-electron chi connectivity index (χ1n) is 8.95. The summed E-state index contributed by atoms with van der Waals surface area (Å²) in [5.41, 5.74) is 1.37. The van der Waals surface area contributed by atoms with Crippen LogP contribution in [0.4, 0.5) is 11.4 Å². The quantitative estimate of drug-likeness (QED) is 0.591. The number of aromatic nitrogens is 1. The molecule has 2 amide bonds. The van der Waals surface area contributed by atoms with Crippen LogP contribution >= 0.6 is 11.6 Å². The van der Waals surface area contributed by atoms with Crippen LogP contribution in [0.2, 0.25) is 5.15 Å². The fraction of sp³-hybridized carbons (Fsp3) is 0.300. The van der Waals surface area contributed by atoms with Gasteiger partial charge in [0, 0.05) is 23.9 Å². The maximum atomic E-state index is 12.6. The van der Waals surface area contributed by atoms with Gasteiger partial charge in [-0.15, -0.1) is 0 Å². The van der Waals surface area contributed by atoms with Crippen molar-refractivity contribution in [3.63, 3.8) is 0 Å². The molecule has 0 aliphatic carbocycles. The van der Waals surface area contributed by atoms with Gasteiger partial charge in [-0.05, 0) is 43.7 Å². The number of nitrogens with zero attached hydrogens (tertiary/aromatic N) is 2. The summed E-state index contributed by atoms with van der Waals surface area (Å²) in [4.78, 5) is 42.6. The Labute approximate surface area is 167 Å². The number of anilines is 2. The van der Waals surface area contributed by atoms with Gasteiger partial charge in [0.1, 0.15) is 17.4 Å². The molecule has 0 fully saturated rings. The van der Waals surface area contributed by atoms with E-state index in [0.29, 0.717) is 29.1 Å². The molecular weight excluding hydrogens is 382 g/mol. The Bertz CT molecular complexity index is 931. The molecule has 1 N–H and O–H groups in total. The number of amides is 2. The first-order chi connectivity index (χ1) is 13.4. The summed E-state index contributed by atoms with van der Waals surface area (Å²) >= 11 is 5.83. The minimum absolute atomic E-state index is 0.0211. The topological polar surface area (TPSA) is 88.6 Å². The molecule has 7 nitrogen and oxygen atoms in total. The van der Waals surface area contributed by atoms with Crippen molar-refractivity contribution >= 4 is 40.6 Å². The van der Waals surface area contributed by atoms with Crippen LogP contribution in [0.25, 0.3) is 0 Å². The number of ether oxygens (including phenoxy) is 1. The van der Waals surface area contributed by atoms with E-state index in [9.17, 15) is 14.4 Å². The monoisotopic (exact) mass is 401 g/mol. The van der Waals surface area contributed by atoms with Crippen molar-refractivity contribution in [2.75, 3.05) is 16.8 Å². The van der Waals surface area contributed by atoms with Gasteiger partial charge in [0.2, 0.25) is 5.91 Å². The van der Waals surface area contributed by atoms with E-state index < -0.39 is 12.0 Å². The van der Waals surface area contributed by atoms with E-state index >= 15 is 0 Å². The van der Waals surface area contributed by atoms with E-state index in [4.69, 9.17) is 16.3 Å². The zero-order valence-electron chi connectivity index (χ0n) is 15.6. The fourth-order valence-corrected chi connectivity index (χ4v) is 3.11. The standard InChI is InChI=1S/C20H20ClN3O4/c1-3-4-16(25)13-5-6-17-15(9-13)24(20(27)12(2)28-17)11-19(26)23-14-7-8-22-18(21)10-14/h5-10,12H,3-4,11H2,1-2H3,(H,22,23,26). The third-order valence-corrected chi connectivity index (χ3v) is 4.49. The van der Waals surface area contributed by atoms with Gasteiger partial charge in [-0.2, -0.15) is 0 Å². The highest BCUT2D eigenvalue weighted by Gasteiger charge is 2.33. The van der Waals surface area contributed by atoms with Crippen LogP contribution in [0.15, 0.2) is 36.5 Å². The molecule has 1 unspecified atom stereocenters. The molecule has 3 rings (SSSR count).